The zero-order valence-corrected chi connectivity index (χ0v) is 12.8. The summed E-state index contributed by atoms with van der Waals surface area (Å²) in [5, 5.41) is 6.19. The van der Waals surface area contributed by atoms with Crippen LogP contribution in [0.15, 0.2) is 18.2 Å². The molecule has 110 valence electrons. The molecule has 0 aliphatic heterocycles. The van der Waals surface area contributed by atoms with Crippen LogP contribution in [0.1, 0.15) is 50.7 Å². The van der Waals surface area contributed by atoms with Gasteiger partial charge in [-0.3, -0.25) is 0 Å². The summed E-state index contributed by atoms with van der Waals surface area (Å²) in [7, 11) is 0. The quantitative estimate of drug-likeness (QED) is 0.849. The maximum absolute atomic E-state index is 12.2. The highest BCUT2D eigenvalue weighted by molar-refractivity contribution is 5.91. The van der Waals surface area contributed by atoms with Crippen molar-refractivity contribution in [2.75, 3.05) is 5.32 Å². The second-order valence-corrected chi connectivity index (χ2v) is 5.93. The van der Waals surface area contributed by atoms with E-state index in [0.29, 0.717) is 12.0 Å². The molecule has 0 aromatic heterocycles. The highest BCUT2D eigenvalue weighted by Gasteiger charge is 2.23. The Hall–Kier alpha value is -1.51. The summed E-state index contributed by atoms with van der Waals surface area (Å²) < 4.78 is 0. The van der Waals surface area contributed by atoms with Gasteiger partial charge in [-0.25, -0.2) is 4.79 Å². The molecule has 1 aromatic rings. The molecule has 1 aliphatic carbocycles. The Morgan fingerprint density at radius 3 is 2.75 bits per heavy atom. The number of benzene rings is 1. The third kappa shape index (κ3) is 3.53. The van der Waals surface area contributed by atoms with Crippen molar-refractivity contribution < 1.29 is 4.79 Å². The van der Waals surface area contributed by atoms with E-state index >= 15 is 0 Å². The van der Waals surface area contributed by atoms with Gasteiger partial charge in [-0.1, -0.05) is 44.9 Å². The van der Waals surface area contributed by atoms with E-state index in [9.17, 15) is 4.79 Å². The Kier molecular flexibility index (Phi) is 5.05. The number of amides is 2. The molecule has 1 aliphatic rings. The molecule has 0 heterocycles. The van der Waals surface area contributed by atoms with Crippen LogP contribution in [0.25, 0.3) is 0 Å². The van der Waals surface area contributed by atoms with E-state index in [2.05, 4.69) is 30.5 Å². The lowest BCUT2D eigenvalue weighted by molar-refractivity contribution is 0.232. The molecular weight excluding hydrogens is 248 g/mol. The lowest BCUT2D eigenvalue weighted by Crippen LogP contribution is -2.43. The van der Waals surface area contributed by atoms with E-state index < -0.39 is 0 Å². The minimum atomic E-state index is -0.0623. The summed E-state index contributed by atoms with van der Waals surface area (Å²) in [4.78, 5) is 12.2. The Balaban J connectivity index is 2.01. The number of carbonyl (C=O) groups excluding carboxylic acids is 1. The highest BCUT2D eigenvalue weighted by Crippen LogP contribution is 2.24. The van der Waals surface area contributed by atoms with Gasteiger partial charge >= 0.3 is 6.03 Å². The lowest BCUT2D eigenvalue weighted by atomic mass is 9.86. The number of para-hydroxylation sites is 1. The fraction of sp³-hybridized carbons (Fsp3) is 0.588. The second-order valence-electron chi connectivity index (χ2n) is 5.93. The van der Waals surface area contributed by atoms with Crippen molar-refractivity contribution in [3.05, 3.63) is 29.3 Å². The maximum atomic E-state index is 12.2. The van der Waals surface area contributed by atoms with Gasteiger partial charge in [-0.05, 0) is 43.2 Å². The van der Waals surface area contributed by atoms with Gasteiger partial charge in [-0.15, -0.1) is 0 Å². The molecule has 2 N–H and O–H groups in total. The smallest absolute Gasteiger partial charge is 0.319 e. The number of hydrogen-bond donors (Lipinski definition) is 2. The van der Waals surface area contributed by atoms with Crippen molar-refractivity contribution in [2.24, 2.45) is 5.92 Å². The van der Waals surface area contributed by atoms with Crippen LogP contribution in [0.3, 0.4) is 0 Å². The molecule has 20 heavy (non-hydrogen) atoms. The molecule has 2 amide bonds. The van der Waals surface area contributed by atoms with Gasteiger partial charge in [0.15, 0.2) is 0 Å². The lowest BCUT2D eigenvalue weighted by Gasteiger charge is -2.29. The third-order valence-electron chi connectivity index (χ3n) is 4.41. The zero-order valence-electron chi connectivity index (χ0n) is 12.8. The Bertz CT molecular complexity index is 470. The molecule has 1 saturated carbocycles. The fourth-order valence-corrected chi connectivity index (χ4v) is 3.05. The molecular formula is C17H26N2O. The summed E-state index contributed by atoms with van der Waals surface area (Å²) in [5.41, 5.74) is 3.28. The van der Waals surface area contributed by atoms with E-state index in [1.54, 1.807) is 0 Å². The molecule has 0 radical (unpaired) electrons. The monoisotopic (exact) mass is 274 g/mol. The molecule has 0 spiro atoms. The number of anilines is 1. The van der Waals surface area contributed by atoms with Crippen molar-refractivity contribution in [3.8, 4) is 0 Å². The normalized spacial score (nSPS) is 22.4. The van der Waals surface area contributed by atoms with Crippen LogP contribution in [0.4, 0.5) is 10.5 Å². The molecule has 2 unspecified atom stereocenters. The number of rotatable bonds is 3. The molecule has 0 bridgehead atoms. The Morgan fingerprint density at radius 1 is 1.30 bits per heavy atom. The van der Waals surface area contributed by atoms with Gasteiger partial charge in [0.25, 0.3) is 0 Å². The van der Waals surface area contributed by atoms with Crippen molar-refractivity contribution >= 4 is 11.7 Å². The van der Waals surface area contributed by atoms with Crippen LogP contribution >= 0.6 is 0 Å². The zero-order chi connectivity index (χ0) is 14.5. The average molecular weight is 274 g/mol. The van der Waals surface area contributed by atoms with Crippen molar-refractivity contribution in [3.63, 3.8) is 0 Å². The van der Waals surface area contributed by atoms with Gasteiger partial charge < -0.3 is 10.6 Å². The largest absolute Gasteiger partial charge is 0.335 e. The van der Waals surface area contributed by atoms with E-state index in [0.717, 1.165) is 24.1 Å². The highest BCUT2D eigenvalue weighted by atomic mass is 16.2. The SMILES string of the molecule is CCc1cccc(C)c1NC(=O)NC1CCCCC1C. The molecule has 0 saturated heterocycles. The molecule has 1 aromatic carbocycles. The summed E-state index contributed by atoms with van der Waals surface area (Å²) in [6.45, 7) is 6.38. The predicted molar refractivity (Wildman–Crippen MR) is 84.1 cm³/mol. The van der Waals surface area contributed by atoms with Gasteiger partial charge in [-0.2, -0.15) is 0 Å². The average Bonchev–Trinajstić information content (AvgIpc) is 2.43. The minimum absolute atomic E-state index is 0.0623. The van der Waals surface area contributed by atoms with Crippen molar-refractivity contribution in [1.29, 1.82) is 0 Å². The first-order chi connectivity index (χ1) is 9.61. The first-order valence-corrected chi connectivity index (χ1v) is 7.77. The second kappa shape index (κ2) is 6.78. The van der Waals surface area contributed by atoms with E-state index in [-0.39, 0.29) is 6.03 Å². The Morgan fingerprint density at radius 2 is 2.05 bits per heavy atom. The van der Waals surface area contributed by atoms with Crippen LogP contribution < -0.4 is 10.6 Å². The van der Waals surface area contributed by atoms with Crippen LogP contribution in [0.5, 0.6) is 0 Å². The number of hydrogen-bond acceptors (Lipinski definition) is 1. The van der Waals surface area contributed by atoms with Crippen LogP contribution in [-0.4, -0.2) is 12.1 Å². The number of aryl methyl sites for hydroxylation is 2. The van der Waals surface area contributed by atoms with E-state index in [1.807, 2.05) is 19.1 Å². The van der Waals surface area contributed by atoms with Crippen molar-refractivity contribution in [2.45, 2.75) is 58.9 Å². The van der Waals surface area contributed by atoms with Gasteiger partial charge in [0.2, 0.25) is 0 Å². The van der Waals surface area contributed by atoms with Crippen LogP contribution in [-0.2, 0) is 6.42 Å². The van der Waals surface area contributed by atoms with Crippen LogP contribution in [0, 0.1) is 12.8 Å². The third-order valence-corrected chi connectivity index (χ3v) is 4.41. The summed E-state index contributed by atoms with van der Waals surface area (Å²) in [6, 6.07) is 6.41. The van der Waals surface area contributed by atoms with Crippen molar-refractivity contribution in [1.82, 2.24) is 5.32 Å². The molecule has 3 heteroatoms. The first kappa shape index (κ1) is 14.9. The fourth-order valence-electron chi connectivity index (χ4n) is 3.05. The topological polar surface area (TPSA) is 41.1 Å². The Labute approximate surface area is 122 Å². The predicted octanol–water partition coefficient (Wildman–Crippen LogP) is 4.26. The first-order valence-electron chi connectivity index (χ1n) is 7.77. The number of nitrogens with one attached hydrogen (secondary N) is 2. The maximum Gasteiger partial charge on any atom is 0.319 e. The van der Waals surface area contributed by atoms with Gasteiger partial charge in [0.1, 0.15) is 0 Å². The standard InChI is InChI=1S/C17H26N2O/c1-4-14-10-7-9-13(3)16(14)19-17(20)18-15-11-6-5-8-12(15)2/h7,9-10,12,15H,4-6,8,11H2,1-3H3,(H2,18,19,20). The number of carbonyl (C=O) groups is 1. The molecule has 2 atom stereocenters. The van der Waals surface area contributed by atoms with Crippen LogP contribution in [0.2, 0.25) is 0 Å². The summed E-state index contributed by atoms with van der Waals surface area (Å²) in [5.74, 6) is 0.581. The van der Waals surface area contributed by atoms with Gasteiger partial charge in [0.05, 0.1) is 0 Å². The van der Waals surface area contributed by atoms with E-state index in [4.69, 9.17) is 0 Å². The molecule has 1 fully saturated rings. The summed E-state index contributed by atoms with van der Waals surface area (Å²) in [6.07, 6.45) is 5.76. The van der Waals surface area contributed by atoms with E-state index in [1.165, 1.54) is 24.8 Å². The number of urea groups is 1. The summed E-state index contributed by atoms with van der Waals surface area (Å²) >= 11 is 0. The molecule has 3 nitrogen and oxygen atoms in total. The minimum Gasteiger partial charge on any atom is -0.335 e. The molecule has 2 rings (SSSR count). The van der Waals surface area contributed by atoms with Gasteiger partial charge in [0, 0.05) is 11.7 Å².